The zero-order valence-electron chi connectivity index (χ0n) is 12.9. The first-order valence-electron chi connectivity index (χ1n) is 7.46. The highest BCUT2D eigenvalue weighted by molar-refractivity contribution is 6.08. The number of carbonyl (C=O) groups excluding carboxylic acids is 1. The van der Waals surface area contributed by atoms with Crippen LogP contribution in [0.3, 0.4) is 0 Å². The van der Waals surface area contributed by atoms with Gasteiger partial charge in [-0.3, -0.25) is 4.79 Å². The van der Waals surface area contributed by atoms with Crippen molar-refractivity contribution in [2.24, 2.45) is 0 Å². The summed E-state index contributed by atoms with van der Waals surface area (Å²) in [5.41, 5.74) is 3.59. The lowest BCUT2D eigenvalue weighted by atomic mass is 10.2. The predicted molar refractivity (Wildman–Crippen MR) is 89.8 cm³/mol. The van der Waals surface area contributed by atoms with Gasteiger partial charge < -0.3 is 14.1 Å². The smallest absolute Gasteiger partial charge is 0.259 e. The van der Waals surface area contributed by atoms with Gasteiger partial charge in [0.15, 0.2) is 0 Å². The van der Waals surface area contributed by atoms with Crippen molar-refractivity contribution in [3.63, 3.8) is 0 Å². The van der Waals surface area contributed by atoms with Crippen LogP contribution >= 0.6 is 0 Å². The minimum absolute atomic E-state index is 0.195. The lowest BCUT2D eigenvalue weighted by Gasteiger charge is -2.05. The molecule has 0 unspecified atom stereocenters. The predicted octanol–water partition coefficient (Wildman–Crippen LogP) is 3.55. The van der Waals surface area contributed by atoms with Crippen molar-refractivity contribution in [2.75, 3.05) is 5.32 Å². The van der Waals surface area contributed by atoms with Crippen molar-refractivity contribution in [1.29, 1.82) is 0 Å². The summed E-state index contributed by atoms with van der Waals surface area (Å²) in [5.74, 6) is 0.352. The SMILES string of the molecule is Cc1ccn2ccc(C(=O)Nc3ccc(-c4ncco4)cc3)c2n1. The van der Waals surface area contributed by atoms with Crippen molar-refractivity contribution in [3.05, 3.63) is 72.5 Å². The molecule has 1 aromatic carbocycles. The number of carbonyl (C=O) groups is 1. The fraction of sp³-hybridized carbons (Fsp3) is 0.0556. The van der Waals surface area contributed by atoms with Gasteiger partial charge in [0.1, 0.15) is 11.9 Å². The quantitative estimate of drug-likeness (QED) is 0.627. The van der Waals surface area contributed by atoms with Gasteiger partial charge in [-0.15, -0.1) is 0 Å². The van der Waals surface area contributed by atoms with Crippen molar-refractivity contribution < 1.29 is 9.21 Å². The molecule has 3 heterocycles. The number of amides is 1. The molecular weight excluding hydrogens is 304 g/mol. The molecule has 1 N–H and O–H groups in total. The van der Waals surface area contributed by atoms with Gasteiger partial charge in [-0.2, -0.15) is 0 Å². The molecule has 3 aromatic heterocycles. The van der Waals surface area contributed by atoms with E-state index >= 15 is 0 Å². The van der Waals surface area contributed by atoms with Gasteiger partial charge in [0.05, 0.1) is 11.8 Å². The number of aryl methyl sites for hydroxylation is 1. The second-order valence-corrected chi connectivity index (χ2v) is 5.40. The summed E-state index contributed by atoms with van der Waals surface area (Å²) < 4.78 is 7.08. The highest BCUT2D eigenvalue weighted by Gasteiger charge is 2.13. The minimum Gasteiger partial charge on any atom is -0.445 e. The van der Waals surface area contributed by atoms with E-state index in [1.165, 1.54) is 6.26 Å². The molecule has 0 aliphatic rings. The Kier molecular flexibility index (Phi) is 3.35. The van der Waals surface area contributed by atoms with Gasteiger partial charge >= 0.3 is 0 Å². The molecule has 1 amide bonds. The van der Waals surface area contributed by atoms with E-state index in [4.69, 9.17) is 4.42 Å². The third-order valence-electron chi connectivity index (χ3n) is 3.71. The summed E-state index contributed by atoms with van der Waals surface area (Å²) in [6.45, 7) is 1.90. The van der Waals surface area contributed by atoms with Crippen molar-refractivity contribution >= 4 is 17.2 Å². The van der Waals surface area contributed by atoms with Crippen molar-refractivity contribution in [3.8, 4) is 11.5 Å². The highest BCUT2D eigenvalue weighted by atomic mass is 16.3. The Bertz CT molecular complexity index is 1000. The van der Waals surface area contributed by atoms with E-state index in [1.807, 2.05) is 54.0 Å². The second-order valence-electron chi connectivity index (χ2n) is 5.40. The average molecular weight is 318 g/mol. The van der Waals surface area contributed by atoms with Crippen LogP contribution in [0.2, 0.25) is 0 Å². The van der Waals surface area contributed by atoms with Gasteiger partial charge in [-0.25, -0.2) is 9.97 Å². The number of benzene rings is 1. The molecule has 0 spiro atoms. The Morgan fingerprint density at radius 1 is 1.12 bits per heavy atom. The molecule has 0 aliphatic heterocycles. The number of oxazole rings is 1. The molecule has 0 saturated carbocycles. The molecule has 4 rings (SSSR count). The van der Waals surface area contributed by atoms with Crippen LogP contribution in [0.4, 0.5) is 5.69 Å². The zero-order valence-corrected chi connectivity index (χ0v) is 12.9. The summed E-state index contributed by atoms with van der Waals surface area (Å²) in [6, 6.07) is 11.0. The van der Waals surface area contributed by atoms with E-state index in [-0.39, 0.29) is 5.91 Å². The first-order chi connectivity index (χ1) is 11.7. The van der Waals surface area contributed by atoms with Crippen LogP contribution < -0.4 is 5.32 Å². The van der Waals surface area contributed by atoms with Crippen LogP contribution in [0.1, 0.15) is 16.1 Å². The van der Waals surface area contributed by atoms with E-state index in [0.717, 1.165) is 11.3 Å². The largest absolute Gasteiger partial charge is 0.445 e. The topological polar surface area (TPSA) is 72.4 Å². The second kappa shape index (κ2) is 5.66. The van der Waals surface area contributed by atoms with Crippen LogP contribution in [-0.4, -0.2) is 20.3 Å². The number of anilines is 1. The maximum atomic E-state index is 12.5. The molecule has 6 heteroatoms. The average Bonchev–Trinajstić information content (AvgIpc) is 3.24. The molecule has 0 bridgehead atoms. The van der Waals surface area contributed by atoms with Crippen LogP contribution in [0, 0.1) is 6.92 Å². The van der Waals surface area contributed by atoms with Crippen LogP contribution in [0.25, 0.3) is 17.1 Å². The molecule has 0 radical (unpaired) electrons. The number of rotatable bonds is 3. The van der Waals surface area contributed by atoms with Crippen LogP contribution in [0.5, 0.6) is 0 Å². The zero-order chi connectivity index (χ0) is 16.5. The number of hydrogen-bond donors (Lipinski definition) is 1. The third kappa shape index (κ3) is 2.54. The summed E-state index contributed by atoms with van der Waals surface area (Å²) in [6.07, 6.45) is 6.83. The van der Waals surface area contributed by atoms with Gasteiger partial charge in [-0.1, -0.05) is 0 Å². The molecular formula is C18H14N4O2. The molecule has 118 valence electrons. The molecule has 24 heavy (non-hydrogen) atoms. The monoisotopic (exact) mass is 318 g/mol. The number of hydrogen-bond acceptors (Lipinski definition) is 4. The molecule has 0 saturated heterocycles. The summed E-state index contributed by atoms with van der Waals surface area (Å²) in [5, 5.41) is 2.89. The van der Waals surface area contributed by atoms with Gasteiger partial charge in [0.2, 0.25) is 5.89 Å². The van der Waals surface area contributed by atoms with E-state index in [1.54, 1.807) is 12.3 Å². The summed E-state index contributed by atoms with van der Waals surface area (Å²) >= 11 is 0. The Morgan fingerprint density at radius 3 is 2.67 bits per heavy atom. The standard InChI is InChI=1S/C18H14N4O2/c1-12-6-9-22-10-7-15(16(22)20-12)17(23)21-14-4-2-13(3-5-14)18-19-8-11-24-18/h2-11H,1H3,(H,21,23). The molecule has 0 atom stereocenters. The van der Waals surface area contributed by atoms with E-state index < -0.39 is 0 Å². The van der Waals surface area contributed by atoms with Crippen LogP contribution in [0.15, 0.2) is 65.7 Å². The molecule has 0 aliphatic carbocycles. The number of fused-ring (bicyclic) bond motifs is 1. The molecule has 6 nitrogen and oxygen atoms in total. The van der Waals surface area contributed by atoms with E-state index in [2.05, 4.69) is 15.3 Å². The maximum absolute atomic E-state index is 12.5. The van der Waals surface area contributed by atoms with E-state index in [0.29, 0.717) is 22.8 Å². The normalized spacial score (nSPS) is 10.9. The van der Waals surface area contributed by atoms with Gasteiger partial charge in [0.25, 0.3) is 5.91 Å². The molecule has 4 aromatic rings. The minimum atomic E-state index is -0.195. The van der Waals surface area contributed by atoms with E-state index in [9.17, 15) is 4.79 Å². The lowest BCUT2D eigenvalue weighted by Crippen LogP contribution is -2.12. The summed E-state index contributed by atoms with van der Waals surface area (Å²) in [7, 11) is 0. The first-order valence-corrected chi connectivity index (χ1v) is 7.46. The first kappa shape index (κ1) is 14.2. The van der Waals surface area contributed by atoms with Crippen LogP contribution in [-0.2, 0) is 0 Å². The number of aromatic nitrogens is 3. The van der Waals surface area contributed by atoms with Gasteiger partial charge in [0, 0.05) is 29.3 Å². The number of nitrogens with one attached hydrogen (secondary N) is 1. The number of nitrogens with zero attached hydrogens (tertiary/aromatic N) is 3. The Hall–Kier alpha value is -3.41. The fourth-order valence-electron chi connectivity index (χ4n) is 2.51. The van der Waals surface area contributed by atoms with Gasteiger partial charge in [-0.05, 0) is 43.3 Å². The third-order valence-corrected chi connectivity index (χ3v) is 3.71. The maximum Gasteiger partial charge on any atom is 0.259 e. The van der Waals surface area contributed by atoms with Crippen molar-refractivity contribution in [1.82, 2.24) is 14.4 Å². The summed E-state index contributed by atoms with van der Waals surface area (Å²) in [4.78, 5) is 21.0. The Morgan fingerprint density at radius 2 is 1.92 bits per heavy atom. The Labute approximate surface area is 137 Å². The lowest BCUT2D eigenvalue weighted by molar-refractivity contribution is 0.102. The van der Waals surface area contributed by atoms with Crippen molar-refractivity contribution in [2.45, 2.75) is 6.92 Å². The Balaban J connectivity index is 1.58. The highest BCUT2D eigenvalue weighted by Crippen LogP contribution is 2.20. The fourth-order valence-corrected chi connectivity index (χ4v) is 2.51. The molecule has 0 fully saturated rings.